The average Bonchev–Trinajstić information content (AvgIpc) is 3.00. The smallest absolute Gasteiger partial charge is 0.256 e. The molecule has 9 nitrogen and oxygen atoms in total. The van der Waals surface area contributed by atoms with Crippen LogP contribution in [0.2, 0.25) is 0 Å². The predicted octanol–water partition coefficient (Wildman–Crippen LogP) is 5.82. The fraction of sp³-hybridized carbons (Fsp3) is 0.303. The number of aromatic nitrogens is 3. The van der Waals surface area contributed by atoms with Gasteiger partial charge in [-0.1, -0.05) is 38.7 Å². The van der Waals surface area contributed by atoms with Crippen LogP contribution in [0.15, 0.2) is 49.2 Å². The summed E-state index contributed by atoms with van der Waals surface area (Å²) in [7, 11) is 1.48. The molecule has 1 aliphatic rings. The number of halogens is 2. The number of carbonyl (C=O) groups is 2. The number of rotatable bonds is 6. The molecule has 1 aromatic carbocycles. The van der Waals surface area contributed by atoms with Gasteiger partial charge >= 0.3 is 0 Å². The van der Waals surface area contributed by atoms with Crippen molar-refractivity contribution in [2.45, 2.75) is 39.7 Å². The number of aromatic hydroxyl groups is 1. The molecule has 4 aromatic rings. The fourth-order valence-corrected chi connectivity index (χ4v) is 6.31. The first-order valence-corrected chi connectivity index (χ1v) is 14.9. The Morgan fingerprint density at radius 3 is 2.53 bits per heavy atom. The van der Waals surface area contributed by atoms with Crippen molar-refractivity contribution in [1.29, 1.82) is 0 Å². The van der Waals surface area contributed by atoms with E-state index in [4.69, 9.17) is 12.2 Å². The van der Waals surface area contributed by atoms with Gasteiger partial charge in [-0.25, -0.2) is 13.8 Å². The SMILES string of the molecule is C=CC(=O)N1CCN(c2c(C(=O)NC)c(=S)n(-c3c(C)ccnc3C(C)C)c3nc(-c4c(O)cccc4F)c(F)cc23)C[C@H]1C. The summed E-state index contributed by atoms with van der Waals surface area (Å²) in [6.07, 6.45) is 2.93. The van der Waals surface area contributed by atoms with Crippen LogP contribution in [0, 0.1) is 23.2 Å². The Hall–Kier alpha value is -4.71. The molecule has 4 heterocycles. The number of hydrogen-bond acceptors (Lipinski definition) is 7. The van der Waals surface area contributed by atoms with Crippen LogP contribution < -0.4 is 10.2 Å². The maximum atomic E-state index is 16.2. The van der Waals surface area contributed by atoms with Crippen LogP contribution >= 0.6 is 12.2 Å². The van der Waals surface area contributed by atoms with Gasteiger partial charge in [-0.3, -0.25) is 19.1 Å². The molecule has 1 atom stereocenters. The number of benzene rings is 1. The van der Waals surface area contributed by atoms with Crippen LogP contribution in [0.3, 0.4) is 0 Å². The van der Waals surface area contributed by atoms with Gasteiger partial charge in [0, 0.05) is 44.3 Å². The van der Waals surface area contributed by atoms with E-state index in [9.17, 15) is 14.7 Å². The van der Waals surface area contributed by atoms with Gasteiger partial charge in [-0.2, -0.15) is 0 Å². The second kappa shape index (κ2) is 12.4. The summed E-state index contributed by atoms with van der Waals surface area (Å²) in [5, 5.41) is 13.5. The Kier molecular flexibility index (Phi) is 8.70. The summed E-state index contributed by atoms with van der Waals surface area (Å²) in [4.78, 5) is 39.0. The molecule has 5 rings (SSSR count). The number of nitrogens with zero attached hydrogens (tertiary/aromatic N) is 5. The summed E-state index contributed by atoms with van der Waals surface area (Å²) >= 11 is 6.08. The van der Waals surface area contributed by atoms with Gasteiger partial charge in [0.15, 0.2) is 5.82 Å². The highest BCUT2D eigenvalue weighted by Gasteiger charge is 2.33. The van der Waals surface area contributed by atoms with Crippen LogP contribution in [0.5, 0.6) is 5.75 Å². The topological polar surface area (TPSA) is 104 Å². The molecule has 2 N–H and O–H groups in total. The minimum absolute atomic E-state index is 0.0770. The monoisotopic (exact) mass is 632 g/mol. The van der Waals surface area contributed by atoms with E-state index < -0.39 is 34.5 Å². The number of anilines is 1. The van der Waals surface area contributed by atoms with Crippen LogP contribution in [0.4, 0.5) is 14.5 Å². The molecule has 1 saturated heterocycles. The molecule has 0 spiro atoms. The number of nitrogens with one attached hydrogen (secondary N) is 1. The van der Waals surface area contributed by atoms with Crippen LogP contribution in [-0.2, 0) is 4.79 Å². The highest BCUT2D eigenvalue weighted by Crippen LogP contribution is 2.40. The number of amides is 2. The molecule has 12 heteroatoms. The summed E-state index contributed by atoms with van der Waals surface area (Å²) in [5.41, 5.74) is 1.80. The first kappa shape index (κ1) is 31.7. The number of phenols is 1. The zero-order chi connectivity index (χ0) is 32.7. The van der Waals surface area contributed by atoms with E-state index in [2.05, 4.69) is 21.9 Å². The van der Waals surface area contributed by atoms with Gasteiger partial charge in [0.05, 0.1) is 28.2 Å². The van der Waals surface area contributed by atoms with Crippen LogP contribution in [-0.4, -0.2) is 69.1 Å². The molecule has 0 saturated carbocycles. The standard InChI is InChI=1S/C33H34F2N6O3S/c1-7-24(43)40-14-13-39(16-19(40)5)30-20-15-22(35)28(25-21(34)9-8-10-23(25)42)38-31(20)41(33(45)26(30)32(44)36-6)29-18(4)11-12-37-27(29)17(2)3/h7-12,15,17,19,42H,1,13-14,16H2,2-6H3,(H,36,44)/t19-/m1/s1. The predicted molar refractivity (Wildman–Crippen MR) is 173 cm³/mol. The van der Waals surface area contributed by atoms with Gasteiger partial charge < -0.3 is 20.2 Å². The van der Waals surface area contributed by atoms with Crippen molar-refractivity contribution in [3.63, 3.8) is 0 Å². The lowest BCUT2D eigenvalue weighted by atomic mass is 10.0. The quantitative estimate of drug-likeness (QED) is 0.204. The number of pyridine rings is 3. The molecule has 1 fully saturated rings. The van der Waals surface area contributed by atoms with Crippen molar-refractivity contribution in [2.24, 2.45) is 0 Å². The highest BCUT2D eigenvalue weighted by molar-refractivity contribution is 7.71. The molecule has 0 unspecified atom stereocenters. The van der Waals surface area contributed by atoms with Crippen molar-refractivity contribution in [1.82, 2.24) is 24.8 Å². The van der Waals surface area contributed by atoms with E-state index in [1.165, 1.54) is 31.3 Å². The lowest BCUT2D eigenvalue weighted by Gasteiger charge is -2.41. The molecule has 0 aliphatic carbocycles. The van der Waals surface area contributed by atoms with Crippen molar-refractivity contribution in [3.8, 4) is 22.7 Å². The summed E-state index contributed by atoms with van der Waals surface area (Å²) in [5.74, 6) is -3.03. The van der Waals surface area contributed by atoms with Crippen LogP contribution in [0.25, 0.3) is 28.0 Å². The molecular weight excluding hydrogens is 598 g/mol. The first-order chi connectivity index (χ1) is 21.4. The van der Waals surface area contributed by atoms with Gasteiger partial charge in [0.1, 0.15) is 27.5 Å². The highest BCUT2D eigenvalue weighted by atomic mass is 32.1. The molecule has 2 amide bonds. The van der Waals surface area contributed by atoms with Crippen molar-refractivity contribution in [2.75, 3.05) is 31.6 Å². The van der Waals surface area contributed by atoms with Gasteiger partial charge in [-0.15, -0.1) is 0 Å². The molecular formula is C33H34F2N6O3S. The minimum Gasteiger partial charge on any atom is -0.507 e. The minimum atomic E-state index is -0.906. The Labute approximate surface area is 264 Å². The Balaban J connectivity index is 1.95. The number of aryl methyl sites for hydroxylation is 1. The number of piperazine rings is 1. The van der Waals surface area contributed by atoms with Crippen LogP contribution in [0.1, 0.15) is 48.3 Å². The van der Waals surface area contributed by atoms with Crippen molar-refractivity contribution < 1.29 is 23.5 Å². The van der Waals surface area contributed by atoms with E-state index in [-0.39, 0.29) is 39.1 Å². The Bertz CT molecular complexity index is 1910. The van der Waals surface area contributed by atoms with Gasteiger partial charge in [0.2, 0.25) is 5.91 Å². The molecule has 1 aliphatic heterocycles. The van der Waals surface area contributed by atoms with E-state index in [0.717, 1.165) is 11.6 Å². The van der Waals surface area contributed by atoms with Gasteiger partial charge in [0.25, 0.3) is 5.91 Å². The van der Waals surface area contributed by atoms with E-state index in [0.29, 0.717) is 36.7 Å². The largest absolute Gasteiger partial charge is 0.507 e. The number of fused-ring (bicyclic) bond motifs is 1. The molecule has 0 bridgehead atoms. The van der Waals surface area contributed by atoms with E-state index in [1.807, 2.05) is 32.6 Å². The zero-order valence-corrected chi connectivity index (χ0v) is 26.5. The summed E-state index contributed by atoms with van der Waals surface area (Å²) in [6.45, 7) is 12.2. The average molecular weight is 633 g/mol. The first-order valence-electron chi connectivity index (χ1n) is 14.5. The van der Waals surface area contributed by atoms with Gasteiger partial charge in [-0.05, 0) is 55.7 Å². The van der Waals surface area contributed by atoms with Crippen molar-refractivity contribution >= 4 is 40.8 Å². The zero-order valence-electron chi connectivity index (χ0n) is 25.7. The Morgan fingerprint density at radius 1 is 1.18 bits per heavy atom. The Morgan fingerprint density at radius 2 is 1.91 bits per heavy atom. The summed E-state index contributed by atoms with van der Waals surface area (Å²) < 4.78 is 33.0. The normalized spacial score (nSPS) is 15.1. The number of hydrogen-bond donors (Lipinski definition) is 2. The lowest BCUT2D eigenvalue weighted by Crippen LogP contribution is -2.54. The molecule has 3 aromatic heterocycles. The maximum absolute atomic E-state index is 16.2. The molecule has 234 valence electrons. The number of phenolic OH excluding ortho intramolecular Hbond substituents is 1. The molecule has 0 radical (unpaired) electrons. The lowest BCUT2D eigenvalue weighted by molar-refractivity contribution is -0.128. The van der Waals surface area contributed by atoms with E-state index in [1.54, 1.807) is 21.7 Å². The third-order valence-electron chi connectivity index (χ3n) is 8.09. The van der Waals surface area contributed by atoms with Crippen molar-refractivity contribution in [3.05, 3.63) is 82.3 Å². The van der Waals surface area contributed by atoms with E-state index >= 15 is 8.78 Å². The third kappa shape index (κ3) is 5.43. The second-order valence-electron chi connectivity index (χ2n) is 11.3. The second-order valence-corrected chi connectivity index (χ2v) is 11.7. The third-order valence-corrected chi connectivity index (χ3v) is 8.47. The fourth-order valence-electron chi connectivity index (χ4n) is 5.95. The molecule has 45 heavy (non-hydrogen) atoms. The number of carbonyl (C=O) groups excluding carboxylic acids is 2. The summed E-state index contributed by atoms with van der Waals surface area (Å²) in [6, 6.07) is 6.40. The maximum Gasteiger partial charge on any atom is 0.256 e.